The molecule has 1 aliphatic heterocycles. The van der Waals surface area contributed by atoms with E-state index in [1.165, 1.54) is 10.4 Å². The predicted molar refractivity (Wildman–Crippen MR) is 140 cm³/mol. The lowest BCUT2D eigenvalue weighted by Crippen LogP contribution is -2.42. The van der Waals surface area contributed by atoms with Crippen LogP contribution in [0.25, 0.3) is 5.69 Å². The molecule has 13 heteroatoms. The number of carbonyl (C=O) groups is 1. The second kappa shape index (κ2) is 10.2. The number of rotatable bonds is 7. The number of sulfonamides is 1. The highest BCUT2D eigenvalue weighted by Crippen LogP contribution is 2.31. The number of nitrogens with two attached hydrogens (primary N) is 1. The van der Waals surface area contributed by atoms with Crippen LogP contribution in [0.3, 0.4) is 0 Å². The van der Waals surface area contributed by atoms with E-state index >= 15 is 0 Å². The van der Waals surface area contributed by atoms with Gasteiger partial charge in [0.05, 0.1) is 22.5 Å². The number of halogens is 2. The third kappa shape index (κ3) is 5.04. The van der Waals surface area contributed by atoms with E-state index in [2.05, 4.69) is 15.3 Å². The topological polar surface area (TPSA) is 123 Å². The zero-order valence-electron chi connectivity index (χ0n) is 20.3. The Bertz CT molecular complexity index is 1570. The Kier molecular flexibility index (Phi) is 6.99. The summed E-state index contributed by atoms with van der Waals surface area (Å²) in [7, 11) is -3.67. The smallest absolute Gasteiger partial charge is 0.243 e. The molecule has 0 atom stereocenters. The first kappa shape index (κ1) is 25.9. The molecule has 0 aliphatic carbocycles. The normalized spacial score (nSPS) is 15.0. The molecule has 0 spiro atoms. The molecule has 0 radical (unpaired) electrons. The Morgan fingerprint density at radius 2 is 1.76 bits per heavy atom. The number of nitrogen functional groups attached to an aromatic ring is 1. The van der Waals surface area contributed by atoms with E-state index in [1.54, 1.807) is 30.6 Å². The van der Waals surface area contributed by atoms with E-state index in [9.17, 15) is 22.0 Å². The van der Waals surface area contributed by atoms with Crippen LogP contribution in [-0.2, 0) is 10.0 Å². The third-order valence-corrected chi connectivity index (χ3v) is 9.23. The number of nitrogens with zero attached hydrogens (tertiary/aromatic N) is 4. The van der Waals surface area contributed by atoms with Crippen molar-refractivity contribution in [2.45, 2.75) is 30.7 Å². The maximum absolute atomic E-state index is 14.1. The molecule has 0 bridgehead atoms. The first-order valence-electron chi connectivity index (χ1n) is 11.8. The fourth-order valence-electron chi connectivity index (χ4n) is 4.30. The van der Waals surface area contributed by atoms with Crippen LogP contribution in [0.4, 0.5) is 19.7 Å². The van der Waals surface area contributed by atoms with Gasteiger partial charge in [-0.3, -0.25) is 4.79 Å². The van der Waals surface area contributed by atoms with Crippen LogP contribution >= 0.6 is 11.3 Å². The van der Waals surface area contributed by atoms with Crippen molar-refractivity contribution < 1.29 is 22.0 Å². The molecule has 3 heterocycles. The number of aryl methyl sites for hydroxylation is 1. The Morgan fingerprint density at radius 1 is 1.11 bits per heavy atom. The van der Waals surface area contributed by atoms with Crippen LogP contribution in [0.1, 0.15) is 33.8 Å². The highest BCUT2D eigenvalue weighted by atomic mass is 32.2. The van der Waals surface area contributed by atoms with Gasteiger partial charge in [0, 0.05) is 31.0 Å². The summed E-state index contributed by atoms with van der Waals surface area (Å²) in [5, 5.41) is 3.50. The summed E-state index contributed by atoms with van der Waals surface area (Å²) in [6, 6.07) is 9.70. The quantitative estimate of drug-likeness (QED) is 0.329. The molecule has 1 saturated heterocycles. The highest BCUT2D eigenvalue weighted by molar-refractivity contribution is 7.89. The molecule has 0 unspecified atom stereocenters. The number of nitrogens with one attached hydrogen (secondary N) is 1. The number of imidazole rings is 1. The van der Waals surface area contributed by atoms with Crippen LogP contribution in [-0.4, -0.2) is 52.2 Å². The minimum Gasteiger partial charge on any atom is -0.382 e. The van der Waals surface area contributed by atoms with Gasteiger partial charge in [-0.15, -0.1) is 0 Å². The number of benzene rings is 2. The summed E-state index contributed by atoms with van der Waals surface area (Å²) >= 11 is 0.909. The number of thiazole rings is 1. The van der Waals surface area contributed by atoms with Gasteiger partial charge in [0.2, 0.25) is 15.8 Å². The van der Waals surface area contributed by atoms with Crippen molar-refractivity contribution >= 4 is 38.1 Å². The summed E-state index contributed by atoms with van der Waals surface area (Å²) in [4.78, 5) is 21.2. The van der Waals surface area contributed by atoms with Gasteiger partial charge >= 0.3 is 0 Å². The average molecular weight is 559 g/mol. The van der Waals surface area contributed by atoms with E-state index < -0.39 is 33.0 Å². The third-order valence-electron chi connectivity index (χ3n) is 6.32. The first-order chi connectivity index (χ1) is 18.1. The zero-order chi connectivity index (χ0) is 27.0. The SMILES string of the molecule is Cc1cn(-c2ccc(S(=O)(=O)N3CCC(Nc4nc(N)c(C(=O)c5c(F)cccc5F)s4)CC3)cc2)cn1. The second-order valence-electron chi connectivity index (χ2n) is 8.90. The van der Waals surface area contributed by atoms with Crippen molar-refractivity contribution in [2.75, 3.05) is 24.1 Å². The lowest BCUT2D eigenvalue weighted by atomic mass is 10.1. The van der Waals surface area contributed by atoms with Crippen molar-refractivity contribution in [3.63, 3.8) is 0 Å². The van der Waals surface area contributed by atoms with Crippen LogP contribution in [0, 0.1) is 18.6 Å². The Balaban J connectivity index is 1.22. The standard InChI is InChI=1S/C25H24F2N6O3S2/c1-15-13-32(14-29-15)17-5-7-18(8-6-17)38(35,36)33-11-9-16(10-12-33)30-25-31-24(28)23(37-25)22(34)21-19(26)3-2-4-20(21)27/h2-8,13-14,16H,9-12,28H2,1H3,(H,30,31). The number of hydrogen-bond donors (Lipinski definition) is 2. The second-order valence-corrected chi connectivity index (χ2v) is 11.8. The summed E-state index contributed by atoms with van der Waals surface area (Å²) < 4.78 is 57.7. The number of carbonyl (C=O) groups excluding carboxylic acids is 1. The maximum atomic E-state index is 14.1. The van der Waals surface area contributed by atoms with Gasteiger partial charge in [0.15, 0.2) is 5.13 Å². The number of ketones is 1. The molecule has 9 nitrogen and oxygen atoms in total. The maximum Gasteiger partial charge on any atom is 0.243 e. The molecule has 38 heavy (non-hydrogen) atoms. The summed E-state index contributed by atoms with van der Waals surface area (Å²) in [5.41, 5.74) is 6.87. The Morgan fingerprint density at radius 3 is 2.37 bits per heavy atom. The van der Waals surface area contributed by atoms with Crippen LogP contribution in [0.2, 0.25) is 0 Å². The Hall–Kier alpha value is -3.68. The molecule has 3 N–H and O–H groups in total. The van der Waals surface area contributed by atoms with E-state index in [0.717, 1.165) is 34.9 Å². The van der Waals surface area contributed by atoms with Gasteiger partial charge in [0.25, 0.3) is 0 Å². The average Bonchev–Trinajstić information content (AvgIpc) is 3.49. The minimum absolute atomic E-state index is 0.0641. The van der Waals surface area contributed by atoms with Crippen molar-refractivity contribution in [1.82, 2.24) is 18.8 Å². The lowest BCUT2D eigenvalue weighted by Gasteiger charge is -2.31. The summed E-state index contributed by atoms with van der Waals surface area (Å²) in [6.45, 7) is 2.45. The van der Waals surface area contributed by atoms with Crippen LogP contribution in [0.5, 0.6) is 0 Å². The fourth-order valence-corrected chi connectivity index (χ4v) is 6.68. The number of hydrogen-bond acceptors (Lipinski definition) is 8. The number of aromatic nitrogens is 3. The largest absolute Gasteiger partial charge is 0.382 e. The van der Waals surface area contributed by atoms with E-state index in [-0.39, 0.29) is 34.7 Å². The molecule has 1 aliphatic rings. The molecule has 5 rings (SSSR count). The van der Waals surface area contributed by atoms with Gasteiger partial charge in [0.1, 0.15) is 22.3 Å². The summed E-state index contributed by atoms with van der Waals surface area (Å²) in [6.07, 6.45) is 4.52. The van der Waals surface area contributed by atoms with Gasteiger partial charge in [-0.2, -0.15) is 4.31 Å². The van der Waals surface area contributed by atoms with Crippen LogP contribution in [0.15, 0.2) is 59.9 Å². The highest BCUT2D eigenvalue weighted by Gasteiger charge is 2.30. The zero-order valence-corrected chi connectivity index (χ0v) is 21.9. The van der Waals surface area contributed by atoms with Gasteiger partial charge in [-0.1, -0.05) is 17.4 Å². The molecule has 0 amide bonds. The number of piperidine rings is 1. The van der Waals surface area contributed by atoms with Crippen molar-refractivity contribution in [1.29, 1.82) is 0 Å². The van der Waals surface area contributed by atoms with E-state index in [1.807, 2.05) is 17.7 Å². The molecule has 2 aromatic carbocycles. The summed E-state index contributed by atoms with van der Waals surface area (Å²) in [5.74, 6) is -2.95. The molecular weight excluding hydrogens is 534 g/mol. The monoisotopic (exact) mass is 558 g/mol. The molecule has 4 aromatic rings. The lowest BCUT2D eigenvalue weighted by molar-refractivity contribution is 0.103. The van der Waals surface area contributed by atoms with Crippen molar-refractivity contribution in [3.05, 3.63) is 82.8 Å². The number of anilines is 2. The molecule has 198 valence electrons. The van der Waals surface area contributed by atoms with Gasteiger partial charge in [-0.25, -0.2) is 27.2 Å². The van der Waals surface area contributed by atoms with Gasteiger partial charge in [-0.05, 0) is 56.2 Å². The van der Waals surface area contributed by atoms with Gasteiger partial charge < -0.3 is 15.6 Å². The van der Waals surface area contributed by atoms with E-state index in [0.29, 0.717) is 18.0 Å². The fraction of sp³-hybridized carbons (Fsp3) is 0.240. The molecule has 1 fully saturated rings. The molecule has 2 aromatic heterocycles. The minimum atomic E-state index is -3.67. The first-order valence-corrected chi connectivity index (χ1v) is 14.0. The molecular formula is C25H24F2N6O3S2. The molecule has 0 saturated carbocycles. The Labute approximate surface area is 222 Å². The predicted octanol–water partition coefficient (Wildman–Crippen LogP) is 3.99. The van der Waals surface area contributed by atoms with Crippen molar-refractivity contribution in [2.24, 2.45) is 0 Å². The van der Waals surface area contributed by atoms with E-state index in [4.69, 9.17) is 5.73 Å². The van der Waals surface area contributed by atoms with Crippen LogP contribution < -0.4 is 11.1 Å². The van der Waals surface area contributed by atoms with Crippen molar-refractivity contribution in [3.8, 4) is 5.69 Å².